The first-order valence-corrected chi connectivity index (χ1v) is 9.01. The summed E-state index contributed by atoms with van der Waals surface area (Å²) in [5.74, 6) is -0.896. The molecule has 0 aliphatic carbocycles. The number of rotatable bonds is 7. The molecule has 1 amide bonds. The number of para-hydroxylation sites is 1. The summed E-state index contributed by atoms with van der Waals surface area (Å²) in [5.41, 5.74) is 1.68. The molecule has 0 radical (unpaired) electrons. The highest BCUT2D eigenvalue weighted by Crippen LogP contribution is 2.29. The number of amides is 1. The smallest absolute Gasteiger partial charge is 0.416 e. The van der Waals surface area contributed by atoms with E-state index >= 15 is 0 Å². The van der Waals surface area contributed by atoms with E-state index in [-0.39, 0.29) is 19.6 Å². The Morgan fingerprint density at radius 3 is 2.54 bits per heavy atom. The van der Waals surface area contributed by atoms with E-state index in [0.717, 1.165) is 15.8 Å². The van der Waals surface area contributed by atoms with E-state index in [0.29, 0.717) is 11.6 Å². The monoisotopic (exact) mass is 370 g/mol. The highest BCUT2D eigenvalue weighted by atomic mass is 32.1. The van der Waals surface area contributed by atoms with Crippen molar-refractivity contribution in [2.75, 3.05) is 11.4 Å². The number of carbonyl (C=O) groups is 2. The second-order valence-corrected chi connectivity index (χ2v) is 6.66. The first-order chi connectivity index (χ1) is 12.6. The lowest BCUT2D eigenvalue weighted by Crippen LogP contribution is -2.32. The number of aliphatic carboxylic acids is 1. The molecule has 0 saturated heterocycles. The molecule has 1 heterocycles. The molecule has 134 valence electrons. The topological polar surface area (TPSA) is 79.7 Å². The van der Waals surface area contributed by atoms with Gasteiger partial charge in [0.05, 0.1) is 10.2 Å². The molecule has 0 saturated carbocycles. The molecule has 0 aliphatic heterocycles. The van der Waals surface area contributed by atoms with Gasteiger partial charge in [-0.15, -0.1) is 0 Å². The third-order valence-electron chi connectivity index (χ3n) is 3.71. The SMILES string of the molecule is O=C(O)CCCN(C(=O)OCc1ccccc1)c1nc2ccccc2s1. The number of nitrogens with zero attached hydrogens (tertiary/aromatic N) is 2. The number of aromatic nitrogens is 1. The number of ether oxygens (including phenoxy) is 1. The maximum Gasteiger partial charge on any atom is 0.416 e. The van der Waals surface area contributed by atoms with Crippen LogP contribution in [0.5, 0.6) is 0 Å². The average Bonchev–Trinajstić information content (AvgIpc) is 3.07. The number of thiazole rings is 1. The number of carbonyl (C=O) groups excluding carboxylic acids is 1. The Balaban J connectivity index is 1.75. The number of carboxylic acid groups (broad SMARTS) is 1. The summed E-state index contributed by atoms with van der Waals surface area (Å²) in [4.78, 5) is 29.3. The van der Waals surface area contributed by atoms with Gasteiger partial charge in [-0.2, -0.15) is 0 Å². The van der Waals surface area contributed by atoms with Gasteiger partial charge >= 0.3 is 12.1 Å². The van der Waals surface area contributed by atoms with Crippen LogP contribution < -0.4 is 4.90 Å². The molecule has 0 aliphatic rings. The molecular formula is C19H18N2O4S. The summed E-state index contributed by atoms with van der Waals surface area (Å²) in [6.07, 6.45) is -0.225. The van der Waals surface area contributed by atoms with Crippen LogP contribution in [0.25, 0.3) is 10.2 Å². The van der Waals surface area contributed by atoms with E-state index in [1.165, 1.54) is 16.2 Å². The molecule has 1 N–H and O–H groups in total. The van der Waals surface area contributed by atoms with Crippen molar-refractivity contribution in [1.29, 1.82) is 0 Å². The summed E-state index contributed by atoms with van der Waals surface area (Å²) in [6.45, 7) is 0.389. The summed E-state index contributed by atoms with van der Waals surface area (Å²) in [6, 6.07) is 17.0. The van der Waals surface area contributed by atoms with Crippen LogP contribution in [0, 0.1) is 0 Å². The zero-order valence-electron chi connectivity index (χ0n) is 14.0. The largest absolute Gasteiger partial charge is 0.481 e. The fourth-order valence-corrected chi connectivity index (χ4v) is 3.41. The Labute approximate surface area is 154 Å². The minimum Gasteiger partial charge on any atom is -0.481 e. The lowest BCUT2D eigenvalue weighted by Gasteiger charge is -2.19. The molecule has 0 bridgehead atoms. The third kappa shape index (κ3) is 4.58. The van der Waals surface area contributed by atoms with E-state index in [2.05, 4.69) is 4.98 Å². The van der Waals surface area contributed by atoms with Gasteiger partial charge in [-0.25, -0.2) is 9.78 Å². The zero-order chi connectivity index (χ0) is 18.4. The van der Waals surface area contributed by atoms with Crippen molar-refractivity contribution >= 4 is 38.7 Å². The van der Waals surface area contributed by atoms with Gasteiger partial charge in [0.25, 0.3) is 0 Å². The fraction of sp³-hybridized carbons (Fsp3) is 0.211. The van der Waals surface area contributed by atoms with Crippen molar-refractivity contribution in [1.82, 2.24) is 4.98 Å². The van der Waals surface area contributed by atoms with Crippen molar-refractivity contribution in [2.45, 2.75) is 19.4 Å². The van der Waals surface area contributed by atoms with E-state index in [4.69, 9.17) is 9.84 Å². The number of hydrogen-bond donors (Lipinski definition) is 1. The molecule has 1 aromatic heterocycles. The lowest BCUT2D eigenvalue weighted by molar-refractivity contribution is -0.137. The molecule has 0 atom stereocenters. The molecule has 26 heavy (non-hydrogen) atoms. The molecule has 3 aromatic rings. The Kier molecular flexibility index (Phi) is 5.80. The summed E-state index contributed by atoms with van der Waals surface area (Å²) in [7, 11) is 0. The van der Waals surface area contributed by atoms with Crippen molar-refractivity contribution in [3.63, 3.8) is 0 Å². The van der Waals surface area contributed by atoms with Crippen LogP contribution >= 0.6 is 11.3 Å². The molecule has 0 unspecified atom stereocenters. The van der Waals surface area contributed by atoms with E-state index in [1.54, 1.807) is 0 Å². The van der Waals surface area contributed by atoms with E-state index in [9.17, 15) is 9.59 Å². The van der Waals surface area contributed by atoms with Crippen molar-refractivity contribution in [2.24, 2.45) is 0 Å². The third-order valence-corrected chi connectivity index (χ3v) is 4.77. The number of hydrogen-bond acceptors (Lipinski definition) is 5. The normalized spacial score (nSPS) is 10.6. The van der Waals surface area contributed by atoms with E-state index in [1.807, 2.05) is 54.6 Å². The van der Waals surface area contributed by atoms with Crippen LogP contribution in [0.3, 0.4) is 0 Å². The van der Waals surface area contributed by atoms with Gasteiger partial charge in [-0.1, -0.05) is 53.8 Å². The minimum atomic E-state index is -0.896. The van der Waals surface area contributed by atoms with Crippen molar-refractivity contribution in [3.05, 3.63) is 60.2 Å². The number of anilines is 1. The van der Waals surface area contributed by atoms with E-state index < -0.39 is 12.1 Å². The fourth-order valence-electron chi connectivity index (χ4n) is 2.43. The Hall–Kier alpha value is -2.93. The molecule has 7 heteroatoms. The van der Waals surface area contributed by atoms with Gasteiger partial charge in [0.15, 0.2) is 5.13 Å². The quantitative estimate of drug-likeness (QED) is 0.670. The molecular weight excluding hydrogens is 352 g/mol. The van der Waals surface area contributed by atoms with Crippen LogP contribution in [0.1, 0.15) is 18.4 Å². The van der Waals surface area contributed by atoms with Crippen LogP contribution in [0.4, 0.5) is 9.93 Å². The van der Waals surface area contributed by atoms with Crippen molar-refractivity contribution in [3.8, 4) is 0 Å². The van der Waals surface area contributed by atoms with Crippen LogP contribution in [-0.4, -0.2) is 28.7 Å². The van der Waals surface area contributed by atoms with Gasteiger partial charge in [-0.05, 0) is 24.1 Å². The minimum absolute atomic E-state index is 0.0205. The maximum atomic E-state index is 12.6. The van der Waals surface area contributed by atoms with Crippen molar-refractivity contribution < 1.29 is 19.4 Å². The second kappa shape index (κ2) is 8.44. The number of carboxylic acids is 1. The maximum absolute atomic E-state index is 12.6. The summed E-state index contributed by atoms with van der Waals surface area (Å²) < 4.78 is 6.36. The zero-order valence-corrected chi connectivity index (χ0v) is 14.8. The second-order valence-electron chi connectivity index (χ2n) is 5.65. The standard InChI is InChI=1S/C19H18N2O4S/c22-17(23)11-6-12-21(18-20-15-9-4-5-10-16(15)26-18)19(24)25-13-14-7-2-1-3-8-14/h1-5,7-10H,6,11-13H2,(H,22,23). The van der Waals surface area contributed by atoms with Crippen LogP contribution in [-0.2, 0) is 16.1 Å². The summed E-state index contributed by atoms with van der Waals surface area (Å²) >= 11 is 1.38. The molecule has 0 spiro atoms. The van der Waals surface area contributed by atoms with Gasteiger partial charge in [-0.3, -0.25) is 9.69 Å². The number of benzene rings is 2. The van der Waals surface area contributed by atoms with Gasteiger partial charge in [0.1, 0.15) is 6.61 Å². The Bertz CT molecular complexity index is 862. The van der Waals surface area contributed by atoms with Gasteiger partial charge in [0, 0.05) is 13.0 Å². The first kappa shape index (κ1) is 17.9. The summed E-state index contributed by atoms with van der Waals surface area (Å²) in [5, 5.41) is 9.36. The Morgan fingerprint density at radius 1 is 1.08 bits per heavy atom. The molecule has 0 fully saturated rings. The highest BCUT2D eigenvalue weighted by Gasteiger charge is 2.21. The predicted molar refractivity (Wildman–Crippen MR) is 100 cm³/mol. The van der Waals surface area contributed by atoms with Crippen LogP contribution in [0.15, 0.2) is 54.6 Å². The average molecular weight is 370 g/mol. The van der Waals surface area contributed by atoms with Gasteiger partial charge < -0.3 is 9.84 Å². The molecule has 6 nitrogen and oxygen atoms in total. The molecule has 2 aromatic carbocycles. The lowest BCUT2D eigenvalue weighted by atomic mass is 10.2. The molecule has 3 rings (SSSR count). The highest BCUT2D eigenvalue weighted by molar-refractivity contribution is 7.22. The predicted octanol–water partition coefficient (Wildman–Crippen LogP) is 4.30. The van der Waals surface area contributed by atoms with Crippen LogP contribution in [0.2, 0.25) is 0 Å². The first-order valence-electron chi connectivity index (χ1n) is 8.19. The number of fused-ring (bicyclic) bond motifs is 1. The Morgan fingerprint density at radius 2 is 1.81 bits per heavy atom. The van der Waals surface area contributed by atoms with Gasteiger partial charge in [0.2, 0.25) is 0 Å².